The molecule has 4 heteroatoms. The van der Waals surface area contributed by atoms with Crippen LogP contribution in [0.15, 0.2) is 42.5 Å². The molecule has 0 aliphatic rings. The van der Waals surface area contributed by atoms with Crippen molar-refractivity contribution in [2.75, 3.05) is 11.9 Å². The van der Waals surface area contributed by atoms with Crippen LogP contribution in [0.25, 0.3) is 0 Å². The van der Waals surface area contributed by atoms with E-state index in [-0.39, 0.29) is 11.8 Å². The van der Waals surface area contributed by atoms with Gasteiger partial charge in [0.05, 0.1) is 0 Å². The molecule has 0 saturated heterocycles. The highest BCUT2D eigenvalue weighted by atomic mass is 16.2. The van der Waals surface area contributed by atoms with E-state index in [0.29, 0.717) is 17.7 Å². The molecule has 0 aliphatic heterocycles. The van der Waals surface area contributed by atoms with Crippen LogP contribution in [0.5, 0.6) is 0 Å². The van der Waals surface area contributed by atoms with Crippen molar-refractivity contribution in [3.63, 3.8) is 0 Å². The summed E-state index contributed by atoms with van der Waals surface area (Å²) in [6, 6.07) is 12.9. The van der Waals surface area contributed by atoms with Gasteiger partial charge in [-0.15, -0.1) is 0 Å². The van der Waals surface area contributed by atoms with Gasteiger partial charge in [0.15, 0.2) is 0 Å². The Balaban J connectivity index is 2.15. The molecule has 25 heavy (non-hydrogen) atoms. The fraction of sp³-hybridized carbons (Fsp3) is 0.333. The molecule has 0 aromatic heterocycles. The summed E-state index contributed by atoms with van der Waals surface area (Å²) in [6.45, 7) is 6.81. The molecule has 2 amide bonds. The van der Waals surface area contributed by atoms with E-state index in [1.807, 2.05) is 25.1 Å². The predicted molar refractivity (Wildman–Crippen MR) is 102 cm³/mol. The molecule has 132 valence electrons. The van der Waals surface area contributed by atoms with E-state index < -0.39 is 0 Å². The monoisotopic (exact) mass is 338 g/mol. The van der Waals surface area contributed by atoms with Gasteiger partial charge in [-0.2, -0.15) is 0 Å². The summed E-state index contributed by atoms with van der Waals surface area (Å²) < 4.78 is 0. The molecular formula is C21H26N2O2. The quantitative estimate of drug-likeness (QED) is 0.795. The maximum absolute atomic E-state index is 12.6. The summed E-state index contributed by atoms with van der Waals surface area (Å²) in [5.41, 5.74) is 4.27. The largest absolute Gasteiger partial charge is 0.352 e. The molecule has 0 saturated carbocycles. The lowest BCUT2D eigenvalue weighted by Gasteiger charge is -2.14. The lowest BCUT2D eigenvalue weighted by molar-refractivity contribution is 0.0951. The van der Waals surface area contributed by atoms with E-state index in [2.05, 4.69) is 24.5 Å². The van der Waals surface area contributed by atoms with E-state index in [4.69, 9.17) is 0 Å². The highest BCUT2D eigenvalue weighted by molar-refractivity contribution is 6.05. The van der Waals surface area contributed by atoms with Gasteiger partial charge in [0.25, 0.3) is 11.8 Å². The fourth-order valence-electron chi connectivity index (χ4n) is 2.70. The van der Waals surface area contributed by atoms with E-state index in [0.717, 1.165) is 36.1 Å². The van der Waals surface area contributed by atoms with Crippen LogP contribution < -0.4 is 10.6 Å². The first-order valence-electron chi connectivity index (χ1n) is 8.91. The number of nitrogens with one attached hydrogen (secondary N) is 2. The zero-order valence-electron chi connectivity index (χ0n) is 15.2. The van der Waals surface area contributed by atoms with Crippen LogP contribution in [0.2, 0.25) is 0 Å². The topological polar surface area (TPSA) is 58.2 Å². The first-order chi connectivity index (χ1) is 12.1. The van der Waals surface area contributed by atoms with E-state index in [9.17, 15) is 9.59 Å². The Bertz CT molecular complexity index is 714. The van der Waals surface area contributed by atoms with E-state index >= 15 is 0 Å². The predicted octanol–water partition coefficient (Wildman–Crippen LogP) is 4.20. The minimum Gasteiger partial charge on any atom is -0.352 e. The van der Waals surface area contributed by atoms with Crippen LogP contribution in [0.1, 0.15) is 59.0 Å². The van der Waals surface area contributed by atoms with Gasteiger partial charge in [0, 0.05) is 23.4 Å². The molecule has 0 radical (unpaired) electrons. The SMILES string of the molecule is CCCNC(=O)c1ccc(C(=O)Nc2c(CC)cccc2CC)cc1. The number of aryl methyl sites for hydroxylation is 2. The molecule has 4 nitrogen and oxygen atoms in total. The molecule has 0 atom stereocenters. The van der Waals surface area contributed by atoms with Gasteiger partial charge in [-0.3, -0.25) is 9.59 Å². The smallest absolute Gasteiger partial charge is 0.255 e. The highest BCUT2D eigenvalue weighted by Gasteiger charge is 2.12. The third kappa shape index (κ3) is 4.69. The summed E-state index contributed by atoms with van der Waals surface area (Å²) in [4.78, 5) is 24.5. The Morgan fingerprint density at radius 1 is 0.800 bits per heavy atom. The van der Waals surface area contributed by atoms with Crippen LogP contribution in [-0.4, -0.2) is 18.4 Å². The Kier molecular flexibility index (Phi) is 6.75. The van der Waals surface area contributed by atoms with Gasteiger partial charge >= 0.3 is 0 Å². The molecule has 0 bridgehead atoms. The minimum atomic E-state index is -0.156. The molecular weight excluding hydrogens is 312 g/mol. The van der Waals surface area contributed by atoms with Crippen molar-refractivity contribution in [2.45, 2.75) is 40.0 Å². The van der Waals surface area contributed by atoms with Gasteiger partial charge in [-0.1, -0.05) is 39.0 Å². The maximum atomic E-state index is 12.6. The fourth-order valence-corrected chi connectivity index (χ4v) is 2.70. The molecule has 0 aliphatic carbocycles. The number of hydrogen-bond acceptors (Lipinski definition) is 2. The first kappa shape index (κ1) is 18.7. The third-order valence-corrected chi connectivity index (χ3v) is 4.18. The van der Waals surface area contributed by atoms with Crippen LogP contribution >= 0.6 is 0 Å². The summed E-state index contributed by atoms with van der Waals surface area (Å²) in [5, 5.41) is 5.87. The molecule has 2 aromatic carbocycles. The second kappa shape index (κ2) is 9.02. The van der Waals surface area contributed by atoms with Crippen molar-refractivity contribution >= 4 is 17.5 Å². The average Bonchev–Trinajstić information content (AvgIpc) is 2.66. The summed E-state index contributed by atoms with van der Waals surface area (Å²) in [7, 11) is 0. The Hall–Kier alpha value is -2.62. The number of rotatable bonds is 7. The van der Waals surface area contributed by atoms with Crippen molar-refractivity contribution in [2.24, 2.45) is 0 Å². The molecule has 0 spiro atoms. The molecule has 2 aromatic rings. The Morgan fingerprint density at radius 3 is 1.80 bits per heavy atom. The summed E-state index contributed by atoms with van der Waals surface area (Å²) in [6.07, 6.45) is 2.61. The Morgan fingerprint density at radius 2 is 1.32 bits per heavy atom. The molecule has 0 heterocycles. The maximum Gasteiger partial charge on any atom is 0.255 e. The van der Waals surface area contributed by atoms with Crippen molar-refractivity contribution in [3.05, 3.63) is 64.7 Å². The van der Waals surface area contributed by atoms with Gasteiger partial charge in [0.1, 0.15) is 0 Å². The molecule has 0 unspecified atom stereocenters. The van der Waals surface area contributed by atoms with Crippen molar-refractivity contribution in [3.8, 4) is 0 Å². The van der Waals surface area contributed by atoms with Crippen LogP contribution in [0.3, 0.4) is 0 Å². The lowest BCUT2D eigenvalue weighted by Crippen LogP contribution is -2.24. The van der Waals surface area contributed by atoms with E-state index in [1.54, 1.807) is 24.3 Å². The number of benzene rings is 2. The van der Waals surface area contributed by atoms with Gasteiger partial charge in [-0.05, 0) is 54.7 Å². The highest BCUT2D eigenvalue weighted by Crippen LogP contribution is 2.23. The third-order valence-electron chi connectivity index (χ3n) is 4.18. The van der Waals surface area contributed by atoms with Gasteiger partial charge in [0.2, 0.25) is 0 Å². The summed E-state index contributed by atoms with van der Waals surface area (Å²) >= 11 is 0. The number of hydrogen-bond donors (Lipinski definition) is 2. The Labute approximate surface area is 149 Å². The van der Waals surface area contributed by atoms with Crippen molar-refractivity contribution < 1.29 is 9.59 Å². The number of amides is 2. The second-order valence-corrected chi connectivity index (χ2v) is 5.95. The van der Waals surface area contributed by atoms with Crippen LogP contribution in [0.4, 0.5) is 5.69 Å². The molecule has 2 rings (SSSR count). The standard InChI is InChI=1S/C21H26N2O2/c1-4-14-22-20(24)17-10-12-18(13-11-17)21(25)23-19-15(5-2)8-7-9-16(19)6-3/h7-13H,4-6,14H2,1-3H3,(H,22,24)(H,23,25). The van der Waals surface area contributed by atoms with Gasteiger partial charge in [-0.25, -0.2) is 0 Å². The normalized spacial score (nSPS) is 10.4. The second-order valence-electron chi connectivity index (χ2n) is 5.95. The number of carbonyl (C=O) groups excluding carboxylic acids is 2. The van der Waals surface area contributed by atoms with E-state index in [1.165, 1.54) is 0 Å². The average molecular weight is 338 g/mol. The zero-order chi connectivity index (χ0) is 18.2. The van der Waals surface area contributed by atoms with Gasteiger partial charge < -0.3 is 10.6 Å². The number of para-hydroxylation sites is 1. The number of anilines is 1. The first-order valence-corrected chi connectivity index (χ1v) is 8.91. The summed E-state index contributed by atoms with van der Waals surface area (Å²) in [5.74, 6) is -0.269. The van der Waals surface area contributed by atoms with Crippen LogP contribution in [0, 0.1) is 0 Å². The molecule has 2 N–H and O–H groups in total. The van der Waals surface area contributed by atoms with Crippen molar-refractivity contribution in [1.82, 2.24) is 5.32 Å². The zero-order valence-corrected chi connectivity index (χ0v) is 15.2. The van der Waals surface area contributed by atoms with Crippen molar-refractivity contribution in [1.29, 1.82) is 0 Å². The lowest BCUT2D eigenvalue weighted by atomic mass is 10.0. The minimum absolute atomic E-state index is 0.113. The van der Waals surface area contributed by atoms with Crippen LogP contribution in [-0.2, 0) is 12.8 Å². The number of carbonyl (C=O) groups is 2. The molecule has 0 fully saturated rings.